The fourth-order valence-corrected chi connectivity index (χ4v) is 19.6. The molecule has 4 aliphatic heterocycles. The number of sulfonamides is 1. The molecule has 0 spiro atoms. The Bertz CT molecular complexity index is 4450. The number of β-amino-alcohol motifs (C(OH)–C–C–N with tert-alkyl or cyclic N) is 1. The zero-order valence-electron chi connectivity index (χ0n) is 63.1. The number of piperazine rings is 1. The van der Waals surface area contributed by atoms with Gasteiger partial charge in [0.1, 0.15) is 17.0 Å². The Morgan fingerprint density at radius 3 is 2.06 bits per heavy atom. The Labute approximate surface area is 652 Å². The van der Waals surface area contributed by atoms with Crippen LogP contribution in [0.2, 0.25) is 5.02 Å². The number of aromatic nitrogens is 1. The van der Waals surface area contributed by atoms with Gasteiger partial charge in [0, 0.05) is 124 Å². The molecule has 1 aliphatic carbocycles. The van der Waals surface area contributed by atoms with Crippen molar-refractivity contribution in [3.8, 4) is 10.4 Å². The highest BCUT2D eigenvalue weighted by atomic mass is 35.5. The summed E-state index contributed by atoms with van der Waals surface area (Å²) < 4.78 is 101. The topological polar surface area (TPSA) is 251 Å². The number of hydrogen-bond acceptors (Lipinski definition) is 17. The maximum Gasteiger partial charge on any atom is 0.501 e. The highest BCUT2D eigenvalue weighted by molar-refractivity contribution is 7.99. The first-order valence-electron chi connectivity index (χ1n) is 37.8. The summed E-state index contributed by atoms with van der Waals surface area (Å²) in [5, 5.41) is 20.5. The maximum absolute atomic E-state index is 14.6. The van der Waals surface area contributed by atoms with E-state index in [9.17, 15) is 59.1 Å². The van der Waals surface area contributed by atoms with Crippen LogP contribution in [0.1, 0.15) is 152 Å². The van der Waals surface area contributed by atoms with Crippen LogP contribution in [0.5, 0.6) is 0 Å². The minimum absolute atomic E-state index is 0.0312. The molecule has 0 bridgehead atoms. The molecule has 0 radical (unpaired) electrons. The lowest BCUT2D eigenvalue weighted by molar-refractivity contribution is -0.144. The van der Waals surface area contributed by atoms with E-state index in [1.165, 1.54) is 45.5 Å². The fraction of sp³-hybridized carbons (Fsp3) is 0.506. The van der Waals surface area contributed by atoms with Crippen molar-refractivity contribution in [2.75, 3.05) is 88.0 Å². The number of sulfone groups is 1. The van der Waals surface area contributed by atoms with Gasteiger partial charge in [0.05, 0.1) is 38.8 Å². The third-order valence-corrected chi connectivity index (χ3v) is 27.1. The summed E-state index contributed by atoms with van der Waals surface area (Å²) in [5.74, 6) is -1.39. The third-order valence-electron chi connectivity index (χ3n) is 21.8. The molecule has 4 saturated heterocycles. The van der Waals surface area contributed by atoms with Gasteiger partial charge in [-0.1, -0.05) is 126 Å². The molecule has 5 aliphatic rings. The zero-order valence-corrected chi connectivity index (χ0v) is 67.1. The van der Waals surface area contributed by atoms with Gasteiger partial charge >= 0.3 is 5.51 Å². The Balaban J connectivity index is 0.624. The van der Waals surface area contributed by atoms with Crippen LogP contribution in [0.25, 0.3) is 16.0 Å². The number of benzene rings is 5. The quantitative estimate of drug-likeness (QED) is 0.0208. The number of unbranched alkanes of at least 4 members (excludes halogenated alkanes) is 4. The van der Waals surface area contributed by atoms with Crippen molar-refractivity contribution in [1.29, 1.82) is 0 Å². The second kappa shape index (κ2) is 35.5. The number of likely N-dealkylation sites (tertiary alicyclic amines) is 3. The van der Waals surface area contributed by atoms with E-state index in [1.54, 1.807) is 29.0 Å². The summed E-state index contributed by atoms with van der Waals surface area (Å²) in [5.41, 5.74) is 2.68. The van der Waals surface area contributed by atoms with Gasteiger partial charge in [-0.25, -0.2) is 26.5 Å². The van der Waals surface area contributed by atoms with Crippen LogP contribution in [-0.2, 0) is 39.0 Å². The molecule has 28 heteroatoms. The molecule has 4 unspecified atom stereocenters. The summed E-state index contributed by atoms with van der Waals surface area (Å²) in [6.45, 7) is 20.8. The average Bonchev–Trinajstić information content (AvgIpc) is 1.69. The summed E-state index contributed by atoms with van der Waals surface area (Å²) in [4.78, 5) is 83.1. The lowest BCUT2D eigenvalue weighted by Crippen LogP contribution is -2.57. The van der Waals surface area contributed by atoms with Crippen molar-refractivity contribution in [1.82, 2.24) is 39.9 Å². The Hall–Kier alpha value is -7.37. The van der Waals surface area contributed by atoms with Crippen LogP contribution in [0.15, 0.2) is 147 Å². The zero-order chi connectivity index (χ0) is 78.2. The molecule has 0 saturated carbocycles. The Morgan fingerprint density at radius 1 is 0.771 bits per heavy atom. The number of aliphatic hydroxyl groups is 1. The predicted octanol–water partition coefficient (Wildman–Crippen LogP) is 13.4. The van der Waals surface area contributed by atoms with Crippen molar-refractivity contribution in [2.24, 2.45) is 22.7 Å². The molecule has 109 heavy (non-hydrogen) atoms. The molecule has 4 fully saturated rings. The van der Waals surface area contributed by atoms with Crippen LogP contribution < -0.4 is 25.6 Å². The van der Waals surface area contributed by atoms with Crippen molar-refractivity contribution < 1.29 is 59.1 Å². The first kappa shape index (κ1) is 82.6. The number of allylic oxidation sites excluding steroid dienone is 1. The molecule has 1 aromatic heterocycles. The summed E-state index contributed by atoms with van der Waals surface area (Å²) in [7, 11) is -11.1. The second-order valence-corrected chi connectivity index (χ2v) is 37.7. The van der Waals surface area contributed by atoms with E-state index < -0.39 is 82.3 Å². The average molecular weight is 1600 g/mol. The van der Waals surface area contributed by atoms with Crippen LogP contribution >= 0.6 is 34.7 Å². The number of fused-ring (bicyclic) bond motifs is 1. The number of anilines is 2. The molecule has 5 amide bonds. The van der Waals surface area contributed by atoms with Gasteiger partial charge < -0.3 is 40.7 Å². The molecule has 7 atom stereocenters. The Kier molecular flexibility index (Phi) is 26.9. The maximum atomic E-state index is 14.6. The number of aryl methyl sites for hydroxylation is 1. The van der Waals surface area contributed by atoms with E-state index in [0.29, 0.717) is 88.3 Å². The van der Waals surface area contributed by atoms with Crippen LogP contribution in [0, 0.1) is 29.6 Å². The van der Waals surface area contributed by atoms with Crippen LogP contribution in [0.3, 0.4) is 0 Å². The van der Waals surface area contributed by atoms with Gasteiger partial charge in [0.15, 0.2) is 0 Å². The number of amides is 5. The van der Waals surface area contributed by atoms with E-state index >= 15 is 0 Å². The van der Waals surface area contributed by atoms with E-state index in [2.05, 4.69) is 61.6 Å². The number of nitrogens with zero attached hydrogens (tertiary/aromatic N) is 6. The molecular formula is C81H102ClF3N10O10S4. The van der Waals surface area contributed by atoms with Crippen molar-refractivity contribution >= 4 is 101 Å². The SMILES string of the molecule is Cc1ncsc1-c1ccc([C@H](C)NC(=O)C2CC(O)CN2C(=O)[C@@H](NC(=O)CCCCCCCC(=O)N2CC3CN(CC[C@H](CSc4ccccc4)Nc4ccc(S(=O)(=O)NC(=O)c5ccc(N6CCN(CC7=C(c8ccc(Cl)cc8)CCC(C)(C)C7)CC6)cc5)cc4S(=O)(=O)C(F)(F)F)CC3C2)C(C)(C)C)cc1. The Morgan fingerprint density at radius 2 is 1.42 bits per heavy atom. The minimum Gasteiger partial charge on any atom is -0.391 e. The molecule has 5 N–H and O–H groups in total. The van der Waals surface area contributed by atoms with E-state index in [4.69, 9.17) is 11.6 Å². The summed E-state index contributed by atoms with van der Waals surface area (Å²) in [6, 6.07) is 31.2. The van der Waals surface area contributed by atoms with Gasteiger partial charge in [0.25, 0.3) is 25.8 Å². The second-order valence-electron chi connectivity index (χ2n) is 31.8. The standard InChI is InChI=1S/C81H102ClF3N10O10S4/c1-53(55-20-22-57(23-21-55)74-54(2)86-52-107-74)87-77(100)70-42-65(96)50-95(70)78(101)75(79(3,4)5)89-72(97)18-14-9-8-10-15-19-73(98)94-48-60-46-92(47-61(60)49-94)37-35-63(51-106-66-16-12-11-13-17-66)88-69-33-32-67(43-71(69)108(102,103)81(83,84)85)109(104,105)90-76(99)58-26-30-64(31-27-58)93-40-38-91(39-41-93)45-59-44-80(6,7)36-34-68(59)56-24-28-62(82)29-25-56/h11-13,16-17,20-33,43,52-53,60-61,63,65,70,75,88,96H,8-10,14-15,18-19,34-42,44-51H2,1-7H3,(H,87,100)(H,89,97)(H,90,99)/t53-,60?,61?,63+,65?,70?,75+/m0/s1. The van der Waals surface area contributed by atoms with E-state index in [0.717, 1.165) is 103 Å². The number of aliphatic hydroxyl groups excluding tert-OH is 1. The third kappa shape index (κ3) is 21.3. The van der Waals surface area contributed by atoms with Crippen molar-refractivity contribution in [3.05, 3.63) is 160 Å². The highest BCUT2D eigenvalue weighted by Gasteiger charge is 2.50. The van der Waals surface area contributed by atoms with Crippen molar-refractivity contribution in [2.45, 2.75) is 176 Å². The molecule has 588 valence electrons. The van der Waals surface area contributed by atoms with Crippen LogP contribution in [0.4, 0.5) is 24.5 Å². The van der Waals surface area contributed by atoms with Gasteiger partial charge in [-0.05, 0) is 164 Å². The number of rotatable bonds is 30. The molecule has 5 heterocycles. The number of alkyl halides is 3. The summed E-state index contributed by atoms with van der Waals surface area (Å²) >= 11 is 9.21. The molecular weight excluding hydrogens is 1490 g/mol. The minimum atomic E-state index is -6.17. The smallest absolute Gasteiger partial charge is 0.391 e. The first-order chi connectivity index (χ1) is 51.7. The molecule has 6 aromatic rings. The number of thioether (sulfide) groups is 1. The number of nitrogens with one attached hydrogen (secondary N) is 4. The van der Waals surface area contributed by atoms with Crippen LogP contribution in [-0.4, -0.2) is 184 Å². The molecule has 20 nitrogen and oxygen atoms in total. The number of carbonyl (C=O) groups is 5. The van der Waals surface area contributed by atoms with Crippen molar-refractivity contribution in [3.63, 3.8) is 0 Å². The number of carbonyl (C=O) groups excluding carboxylic acids is 5. The lowest BCUT2D eigenvalue weighted by Gasteiger charge is -2.39. The van der Waals surface area contributed by atoms with Gasteiger partial charge in [-0.15, -0.1) is 23.1 Å². The first-order valence-corrected chi connectivity index (χ1v) is 43.0. The molecule has 11 rings (SSSR count). The van der Waals surface area contributed by atoms with E-state index in [-0.39, 0.29) is 66.0 Å². The van der Waals surface area contributed by atoms with Gasteiger partial charge in [-0.2, -0.15) is 13.2 Å². The normalized spacial score (nSPS) is 20.2. The monoisotopic (exact) mass is 1590 g/mol. The largest absolute Gasteiger partial charge is 0.501 e. The molecule has 5 aromatic carbocycles. The highest BCUT2D eigenvalue weighted by Crippen LogP contribution is 2.44. The summed E-state index contributed by atoms with van der Waals surface area (Å²) in [6.07, 6.45) is 6.76. The number of thiazole rings is 1. The number of hydrogen-bond donors (Lipinski definition) is 5. The fourth-order valence-electron chi connectivity index (χ4n) is 15.6. The van der Waals surface area contributed by atoms with Gasteiger partial charge in [0.2, 0.25) is 23.6 Å². The lowest BCUT2D eigenvalue weighted by atomic mass is 9.73. The predicted molar refractivity (Wildman–Crippen MR) is 423 cm³/mol. The van der Waals surface area contributed by atoms with E-state index in [1.807, 2.05) is 111 Å². The van der Waals surface area contributed by atoms with Gasteiger partial charge in [-0.3, -0.25) is 28.9 Å². The number of halogens is 4.